The summed E-state index contributed by atoms with van der Waals surface area (Å²) in [6, 6.07) is 11.3. The van der Waals surface area contributed by atoms with E-state index < -0.39 is 6.04 Å². The average Bonchev–Trinajstić information content (AvgIpc) is 3.62. The molecule has 0 radical (unpaired) electrons. The van der Waals surface area contributed by atoms with Crippen molar-refractivity contribution in [2.75, 3.05) is 20.3 Å². The number of aromatic amines is 1. The van der Waals surface area contributed by atoms with Gasteiger partial charge in [0, 0.05) is 41.0 Å². The number of rotatable bonds is 8. The number of thiophene rings is 1. The fourth-order valence-corrected chi connectivity index (χ4v) is 5.52. The molecule has 9 nitrogen and oxygen atoms in total. The Hall–Kier alpha value is -3.08. The summed E-state index contributed by atoms with van der Waals surface area (Å²) in [7, 11) is 1.64. The van der Waals surface area contributed by atoms with E-state index in [1.807, 2.05) is 35.0 Å². The molecule has 0 saturated carbocycles. The molecule has 5 rings (SSSR count). The van der Waals surface area contributed by atoms with E-state index in [4.69, 9.17) is 9.47 Å². The van der Waals surface area contributed by atoms with E-state index in [-0.39, 0.29) is 17.2 Å². The molecule has 3 aromatic heterocycles. The summed E-state index contributed by atoms with van der Waals surface area (Å²) in [5.41, 5.74) is 0.806. The fraction of sp³-hybridized carbons (Fsp3) is 0.462. The van der Waals surface area contributed by atoms with Gasteiger partial charge in [-0.3, -0.25) is 9.69 Å². The molecule has 4 heterocycles. The van der Waals surface area contributed by atoms with E-state index in [9.17, 15) is 4.79 Å². The van der Waals surface area contributed by atoms with Gasteiger partial charge in [0.2, 0.25) is 0 Å². The molecule has 0 bridgehead atoms. The Morgan fingerprint density at radius 2 is 2.17 bits per heavy atom. The van der Waals surface area contributed by atoms with E-state index in [1.54, 1.807) is 18.4 Å². The van der Waals surface area contributed by atoms with Crippen LogP contribution >= 0.6 is 11.3 Å². The fourth-order valence-electron chi connectivity index (χ4n) is 4.79. The number of nitrogens with zero attached hydrogens (tertiary/aromatic N) is 5. The number of benzene rings is 1. The van der Waals surface area contributed by atoms with Crippen molar-refractivity contribution in [1.29, 1.82) is 0 Å². The van der Waals surface area contributed by atoms with Gasteiger partial charge < -0.3 is 14.5 Å². The van der Waals surface area contributed by atoms with Crippen LogP contribution in [-0.4, -0.2) is 56.5 Å². The molecule has 4 aromatic rings. The van der Waals surface area contributed by atoms with Crippen molar-refractivity contribution in [1.82, 2.24) is 30.1 Å². The van der Waals surface area contributed by atoms with Crippen LogP contribution in [0.5, 0.6) is 5.75 Å². The molecule has 190 valence electrons. The van der Waals surface area contributed by atoms with E-state index in [0.29, 0.717) is 24.5 Å². The minimum Gasteiger partial charge on any atom is -0.497 e. The van der Waals surface area contributed by atoms with Gasteiger partial charge in [0.25, 0.3) is 5.56 Å². The van der Waals surface area contributed by atoms with E-state index in [1.165, 1.54) is 4.88 Å². The minimum absolute atomic E-state index is 0.0889. The molecule has 1 aliphatic heterocycles. The minimum atomic E-state index is -0.482. The first-order valence-corrected chi connectivity index (χ1v) is 13.1. The standard InChI is InChI=1S/C26H32N6O3S/c1-26(2,3)32-24(28-29-30-32)23(21-14-17-13-18(34-4)9-10-22(17)27-25(21)33)31(15-19-7-5-11-35-19)16-20-8-6-12-36-20/h6,8-10,12-14,19,23H,5,7,11,15-16H2,1-4H3,(H,27,33)/t19-,23+/m0/s1. The number of hydrogen-bond acceptors (Lipinski definition) is 8. The van der Waals surface area contributed by atoms with Crippen molar-refractivity contribution >= 4 is 22.2 Å². The zero-order chi connectivity index (χ0) is 25.3. The lowest BCUT2D eigenvalue weighted by Crippen LogP contribution is -2.40. The second kappa shape index (κ2) is 10.1. The summed E-state index contributed by atoms with van der Waals surface area (Å²) >= 11 is 1.70. The number of H-pyrrole nitrogens is 1. The molecule has 0 amide bonds. The van der Waals surface area contributed by atoms with Gasteiger partial charge in [0.1, 0.15) is 11.8 Å². The van der Waals surface area contributed by atoms with Crippen molar-refractivity contribution < 1.29 is 9.47 Å². The highest BCUT2D eigenvalue weighted by Gasteiger charge is 2.35. The molecule has 1 aliphatic rings. The lowest BCUT2D eigenvalue weighted by Gasteiger charge is -2.34. The molecule has 1 N–H and O–H groups in total. The predicted molar refractivity (Wildman–Crippen MR) is 139 cm³/mol. The Morgan fingerprint density at radius 1 is 1.31 bits per heavy atom. The van der Waals surface area contributed by atoms with Crippen LogP contribution < -0.4 is 10.3 Å². The third-order valence-electron chi connectivity index (χ3n) is 6.51. The molecule has 0 aliphatic carbocycles. The summed E-state index contributed by atoms with van der Waals surface area (Å²) in [5.74, 6) is 1.36. The number of pyridine rings is 1. The maximum absolute atomic E-state index is 13.6. The highest BCUT2D eigenvalue weighted by Crippen LogP contribution is 2.33. The first-order valence-electron chi connectivity index (χ1n) is 12.2. The highest BCUT2D eigenvalue weighted by molar-refractivity contribution is 7.09. The largest absolute Gasteiger partial charge is 0.497 e. The lowest BCUT2D eigenvalue weighted by atomic mass is 10.0. The number of tetrazole rings is 1. The maximum Gasteiger partial charge on any atom is 0.253 e. The number of methoxy groups -OCH3 is 1. The SMILES string of the molecule is COc1ccc2[nH]c(=O)c([C@H](c3nnnn3C(C)(C)C)N(Cc3cccs3)C[C@@H]3CCCO3)cc2c1. The average molecular weight is 509 g/mol. The predicted octanol–water partition coefficient (Wildman–Crippen LogP) is 4.11. The summed E-state index contributed by atoms with van der Waals surface area (Å²) in [5, 5.41) is 15.8. The van der Waals surface area contributed by atoms with Crippen LogP contribution in [0.4, 0.5) is 0 Å². The van der Waals surface area contributed by atoms with Gasteiger partial charge in [-0.2, -0.15) is 0 Å². The van der Waals surface area contributed by atoms with Crippen LogP contribution in [0.2, 0.25) is 0 Å². The zero-order valence-corrected chi connectivity index (χ0v) is 21.9. The number of aromatic nitrogens is 5. The quantitative estimate of drug-likeness (QED) is 0.382. The Bertz CT molecular complexity index is 1370. The molecule has 10 heteroatoms. The van der Waals surface area contributed by atoms with Gasteiger partial charge in [0.05, 0.1) is 18.8 Å². The Kier molecular flexibility index (Phi) is 6.92. The third kappa shape index (κ3) is 5.07. The van der Waals surface area contributed by atoms with E-state index in [2.05, 4.69) is 57.6 Å². The highest BCUT2D eigenvalue weighted by atomic mass is 32.1. The maximum atomic E-state index is 13.6. The molecule has 1 fully saturated rings. The van der Waals surface area contributed by atoms with Gasteiger partial charge in [-0.15, -0.1) is 16.4 Å². The van der Waals surface area contributed by atoms with Gasteiger partial charge in [-0.1, -0.05) is 6.07 Å². The van der Waals surface area contributed by atoms with Crippen LogP contribution in [0.15, 0.2) is 46.6 Å². The van der Waals surface area contributed by atoms with Gasteiger partial charge in [0.15, 0.2) is 5.82 Å². The molecule has 0 unspecified atom stereocenters. The number of fused-ring (bicyclic) bond motifs is 1. The smallest absolute Gasteiger partial charge is 0.253 e. The van der Waals surface area contributed by atoms with Crippen LogP contribution in [0, 0.1) is 0 Å². The summed E-state index contributed by atoms with van der Waals surface area (Å²) in [6.45, 7) is 8.25. The molecular weight excluding hydrogens is 476 g/mol. The van der Waals surface area contributed by atoms with Crippen molar-refractivity contribution in [2.45, 2.75) is 57.8 Å². The molecule has 2 atom stereocenters. The second-order valence-corrected chi connectivity index (χ2v) is 11.2. The van der Waals surface area contributed by atoms with E-state index >= 15 is 0 Å². The summed E-state index contributed by atoms with van der Waals surface area (Å²) in [6.07, 6.45) is 2.12. The number of hydrogen-bond donors (Lipinski definition) is 1. The van der Waals surface area contributed by atoms with Crippen LogP contribution in [0.3, 0.4) is 0 Å². The second-order valence-electron chi connectivity index (χ2n) is 10.2. The zero-order valence-electron chi connectivity index (χ0n) is 21.1. The topological polar surface area (TPSA) is 98.2 Å². The normalized spacial score (nSPS) is 17.2. The van der Waals surface area contributed by atoms with Crippen LogP contribution in [-0.2, 0) is 16.8 Å². The van der Waals surface area contributed by atoms with Crippen molar-refractivity contribution in [3.05, 3.63) is 68.4 Å². The molecule has 0 spiro atoms. The molecule has 36 heavy (non-hydrogen) atoms. The first-order chi connectivity index (χ1) is 17.3. The monoisotopic (exact) mass is 508 g/mol. The van der Waals surface area contributed by atoms with E-state index in [0.717, 1.165) is 36.1 Å². The summed E-state index contributed by atoms with van der Waals surface area (Å²) < 4.78 is 13.3. The third-order valence-corrected chi connectivity index (χ3v) is 7.38. The Balaban J connectivity index is 1.69. The van der Waals surface area contributed by atoms with Crippen LogP contribution in [0.1, 0.15) is 55.9 Å². The van der Waals surface area contributed by atoms with Crippen molar-refractivity contribution in [3.8, 4) is 5.75 Å². The molecular formula is C26H32N6O3S. The van der Waals surface area contributed by atoms with Crippen LogP contribution in [0.25, 0.3) is 10.9 Å². The van der Waals surface area contributed by atoms with Gasteiger partial charge in [-0.05, 0) is 79.8 Å². The molecule has 1 aromatic carbocycles. The number of ether oxygens (including phenoxy) is 2. The summed E-state index contributed by atoms with van der Waals surface area (Å²) in [4.78, 5) is 20.2. The van der Waals surface area contributed by atoms with Crippen molar-refractivity contribution in [3.63, 3.8) is 0 Å². The Morgan fingerprint density at radius 3 is 2.86 bits per heavy atom. The van der Waals surface area contributed by atoms with Crippen molar-refractivity contribution in [2.24, 2.45) is 0 Å². The molecule has 1 saturated heterocycles. The Labute approximate surface area is 214 Å². The lowest BCUT2D eigenvalue weighted by molar-refractivity contribution is 0.0569. The van der Waals surface area contributed by atoms with Gasteiger partial charge >= 0.3 is 0 Å². The van der Waals surface area contributed by atoms with Gasteiger partial charge in [-0.25, -0.2) is 4.68 Å². The number of nitrogens with one attached hydrogen (secondary N) is 1. The first kappa shape index (κ1) is 24.6.